The first-order valence-corrected chi connectivity index (χ1v) is 10.9. The maximum Gasteiger partial charge on any atom is 0.205 e. The fraction of sp³-hybridized carbons (Fsp3) is 0.125. The summed E-state index contributed by atoms with van der Waals surface area (Å²) in [7, 11) is -3.23. The minimum atomic E-state index is -3.23. The van der Waals surface area contributed by atoms with Crippen molar-refractivity contribution in [2.45, 2.75) is 19.4 Å². The molecule has 0 aliphatic heterocycles. The van der Waals surface area contributed by atoms with E-state index in [0.717, 1.165) is 5.56 Å². The molecule has 0 saturated carbocycles. The van der Waals surface area contributed by atoms with Crippen LogP contribution in [0.1, 0.15) is 19.4 Å². The minimum absolute atomic E-state index is 0.519. The van der Waals surface area contributed by atoms with E-state index in [1.54, 1.807) is 6.08 Å². The lowest BCUT2D eigenvalue weighted by Gasteiger charge is -2.36. The second-order valence-corrected chi connectivity index (χ2v) is 9.17. The topological polar surface area (TPSA) is 52.9 Å². The largest absolute Gasteiger partial charge is 0.296 e. The van der Waals surface area contributed by atoms with Gasteiger partial charge in [-0.15, -0.1) is 0 Å². The Hall–Kier alpha value is -2.92. The van der Waals surface area contributed by atoms with Crippen LogP contribution in [0.5, 0.6) is 0 Å². The fourth-order valence-corrected chi connectivity index (χ4v) is 6.01. The quantitative estimate of drug-likeness (QED) is 0.485. The van der Waals surface area contributed by atoms with Gasteiger partial charge in [-0.2, -0.15) is 5.26 Å². The van der Waals surface area contributed by atoms with Crippen LogP contribution >= 0.6 is 7.29 Å². The fourth-order valence-electron chi connectivity index (χ4n) is 3.39. The second kappa shape index (κ2) is 8.40. The van der Waals surface area contributed by atoms with Gasteiger partial charge in [0, 0.05) is 16.2 Å². The number of nitrogens with zero attached hydrogens (tertiary/aromatic N) is 1. The molecule has 0 saturated heterocycles. The van der Waals surface area contributed by atoms with E-state index >= 15 is 0 Å². The Labute approximate surface area is 166 Å². The number of hydrogen-bond acceptors (Lipinski definition) is 2. The maximum atomic E-state index is 14.5. The molecular weight excluding hydrogens is 363 g/mol. The van der Waals surface area contributed by atoms with Crippen molar-refractivity contribution >= 4 is 17.9 Å². The standard InChI is InChI=1S/C24H23N2OP/c1-3-20(19-25)24(2,21-13-7-4-8-14-21)26-28(27,22-15-9-5-10-16-22)23-17-11-6-12-18-23/h3-18H,1-2H3,(H,26,27)/b20-3-/t24-/m0/s1. The van der Waals surface area contributed by atoms with Crippen LogP contribution in [-0.4, -0.2) is 0 Å². The number of hydrogen-bond donors (Lipinski definition) is 1. The summed E-state index contributed by atoms with van der Waals surface area (Å²) in [6.45, 7) is 3.75. The first-order chi connectivity index (χ1) is 13.5. The second-order valence-electron chi connectivity index (χ2n) is 6.70. The molecular formula is C24H23N2OP. The number of benzene rings is 3. The predicted octanol–water partition coefficient (Wildman–Crippen LogP) is 4.89. The summed E-state index contributed by atoms with van der Waals surface area (Å²) in [6, 6.07) is 30.8. The Bertz CT molecular complexity index is 997. The van der Waals surface area contributed by atoms with Gasteiger partial charge in [-0.25, -0.2) is 5.09 Å². The number of allylic oxidation sites excluding steroid dienone is 1. The van der Waals surface area contributed by atoms with Crippen LogP contribution < -0.4 is 15.7 Å². The molecule has 0 amide bonds. The van der Waals surface area contributed by atoms with Crippen molar-refractivity contribution in [1.82, 2.24) is 5.09 Å². The van der Waals surface area contributed by atoms with Crippen LogP contribution in [0.25, 0.3) is 0 Å². The van der Waals surface area contributed by atoms with Crippen molar-refractivity contribution in [2.75, 3.05) is 0 Å². The summed E-state index contributed by atoms with van der Waals surface area (Å²) in [5.41, 5.74) is 0.494. The van der Waals surface area contributed by atoms with Gasteiger partial charge >= 0.3 is 0 Å². The van der Waals surface area contributed by atoms with Crippen LogP contribution in [0.2, 0.25) is 0 Å². The zero-order chi connectivity index (χ0) is 20.0. The van der Waals surface area contributed by atoms with Crippen LogP contribution in [0, 0.1) is 11.3 Å². The summed E-state index contributed by atoms with van der Waals surface area (Å²) in [6.07, 6.45) is 1.78. The average molecular weight is 386 g/mol. The molecule has 0 heterocycles. The molecule has 0 spiro atoms. The van der Waals surface area contributed by atoms with Crippen LogP contribution in [0.4, 0.5) is 0 Å². The number of nitrogens with one attached hydrogen (secondary N) is 1. The van der Waals surface area contributed by atoms with E-state index in [4.69, 9.17) is 0 Å². The van der Waals surface area contributed by atoms with Gasteiger partial charge in [0.05, 0.1) is 11.6 Å². The lowest BCUT2D eigenvalue weighted by molar-refractivity contribution is 0.511. The third-order valence-corrected chi connectivity index (χ3v) is 7.73. The van der Waals surface area contributed by atoms with Gasteiger partial charge in [0.1, 0.15) is 0 Å². The molecule has 0 bridgehead atoms. The Morgan fingerprint density at radius 2 is 1.32 bits per heavy atom. The molecule has 3 rings (SSSR count). The van der Waals surface area contributed by atoms with Crippen molar-refractivity contribution < 1.29 is 4.57 Å². The van der Waals surface area contributed by atoms with Crippen molar-refractivity contribution in [1.29, 1.82) is 5.26 Å². The van der Waals surface area contributed by atoms with Gasteiger partial charge in [-0.3, -0.25) is 4.57 Å². The predicted molar refractivity (Wildman–Crippen MR) is 116 cm³/mol. The van der Waals surface area contributed by atoms with Crippen LogP contribution in [0.15, 0.2) is 103 Å². The van der Waals surface area contributed by atoms with Gasteiger partial charge in [0.2, 0.25) is 7.29 Å². The Balaban J connectivity index is 2.23. The SMILES string of the molecule is C/C=C(/C#N)[C@](C)(NP(=O)(c1ccccc1)c1ccccc1)c1ccccc1. The number of nitriles is 1. The Kier molecular flexibility index (Phi) is 5.95. The highest BCUT2D eigenvalue weighted by Crippen LogP contribution is 2.45. The lowest BCUT2D eigenvalue weighted by atomic mass is 9.86. The summed E-state index contributed by atoms with van der Waals surface area (Å²) in [4.78, 5) is 0. The minimum Gasteiger partial charge on any atom is -0.296 e. The van der Waals surface area contributed by atoms with Crippen molar-refractivity contribution in [3.05, 3.63) is 108 Å². The summed E-state index contributed by atoms with van der Waals surface area (Å²) in [5, 5.41) is 14.6. The zero-order valence-corrected chi connectivity index (χ0v) is 16.9. The third-order valence-electron chi connectivity index (χ3n) is 4.92. The third kappa shape index (κ3) is 3.71. The molecule has 0 fully saturated rings. The molecule has 4 heteroatoms. The van der Waals surface area contributed by atoms with Gasteiger partial charge in [-0.1, -0.05) is 72.8 Å². The van der Waals surface area contributed by atoms with E-state index in [1.807, 2.05) is 105 Å². The van der Waals surface area contributed by atoms with Gasteiger partial charge < -0.3 is 0 Å². The summed E-state index contributed by atoms with van der Waals surface area (Å²) in [5.74, 6) is 0. The highest BCUT2D eigenvalue weighted by molar-refractivity contribution is 7.77. The summed E-state index contributed by atoms with van der Waals surface area (Å²) >= 11 is 0. The van der Waals surface area contributed by atoms with Gasteiger partial charge in [0.25, 0.3) is 0 Å². The Morgan fingerprint density at radius 1 is 0.893 bits per heavy atom. The summed E-state index contributed by atoms with van der Waals surface area (Å²) < 4.78 is 14.5. The van der Waals surface area contributed by atoms with Crippen molar-refractivity contribution in [3.8, 4) is 6.07 Å². The molecule has 0 aliphatic carbocycles. The molecule has 0 aliphatic rings. The zero-order valence-electron chi connectivity index (χ0n) is 16.0. The molecule has 140 valence electrons. The molecule has 1 atom stereocenters. The van der Waals surface area contributed by atoms with Gasteiger partial charge in [-0.05, 0) is 43.7 Å². The molecule has 0 aromatic heterocycles. The highest BCUT2D eigenvalue weighted by atomic mass is 31.2. The molecule has 1 N–H and O–H groups in total. The highest BCUT2D eigenvalue weighted by Gasteiger charge is 2.40. The van der Waals surface area contributed by atoms with Crippen molar-refractivity contribution in [2.24, 2.45) is 0 Å². The smallest absolute Gasteiger partial charge is 0.205 e. The molecule has 0 unspecified atom stereocenters. The Morgan fingerprint density at radius 3 is 1.71 bits per heavy atom. The van der Waals surface area contributed by atoms with E-state index in [9.17, 15) is 9.83 Å². The molecule has 3 aromatic carbocycles. The van der Waals surface area contributed by atoms with Crippen LogP contribution in [0.3, 0.4) is 0 Å². The average Bonchev–Trinajstić information content (AvgIpc) is 2.76. The van der Waals surface area contributed by atoms with E-state index in [0.29, 0.717) is 16.2 Å². The molecule has 28 heavy (non-hydrogen) atoms. The first-order valence-electron chi connectivity index (χ1n) is 9.18. The van der Waals surface area contributed by atoms with E-state index < -0.39 is 12.8 Å². The monoisotopic (exact) mass is 386 g/mol. The van der Waals surface area contributed by atoms with Gasteiger partial charge in [0.15, 0.2) is 0 Å². The first kappa shape index (κ1) is 19.8. The van der Waals surface area contributed by atoms with E-state index in [-0.39, 0.29) is 0 Å². The normalized spacial score (nSPS) is 14.1. The molecule has 3 aromatic rings. The van der Waals surface area contributed by atoms with E-state index in [1.165, 1.54) is 0 Å². The van der Waals surface area contributed by atoms with Crippen molar-refractivity contribution in [3.63, 3.8) is 0 Å². The maximum absolute atomic E-state index is 14.5. The molecule has 0 radical (unpaired) electrons. The molecule has 3 nitrogen and oxygen atoms in total. The van der Waals surface area contributed by atoms with E-state index in [2.05, 4.69) is 11.2 Å². The lowest BCUT2D eigenvalue weighted by Crippen LogP contribution is -2.43. The number of rotatable bonds is 6. The van der Waals surface area contributed by atoms with Crippen LogP contribution in [-0.2, 0) is 10.1 Å².